The number of aryl methyl sites for hydroxylation is 1. The number of aliphatic hydroxyl groups is 1. The van der Waals surface area contributed by atoms with Crippen LogP contribution in [0.15, 0.2) is 0 Å². The number of alkyl halides is 2. The maximum Gasteiger partial charge on any atom is 0.352 e. The van der Waals surface area contributed by atoms with Crippen molar-refractivity contribution in [2.75, 3.05) is 13.1 Å². The van der Waals surface area contributed by atoms with Crippen molar-refractivity contribution in [2.24, 2.45) is 0 Å². The third-order valence-electron chi connectivity index (χ3n) is 5.75. The van der Waals surface area contributed by atoms with Gasteiger partial charge in [-0.05, 0) is 38.5 Å². The van der Waals surface area contributed by atoms with E-state index < -0.39 is 17.4 Å². The van der Waals surface area contributed by atoms with E-state index in [1.165, 1.54) is 4.90 Å². The number of rotatable bonds is 3. The highest BCUT2D eigenvalue weighted by atomic mass is 19.3. The largest absolute Gasteiger partial charge is 0.383 e. The number of piperidine rings is 1. The molecule has 6 nitrogen and oxygen atoms in total. The highest BCUT2D eigenvalue weighted by Crippen LogP contribution is 2.45. The number of nitrogens with zero attached hydrogens (tertiary/aromatic N) is 4. The van der Waals surface area contributed by atoms with E-state index in [9.17, 15) is 18.7 Å². The van der Waals surface area contributed by atoms with E-state index in [4.69, 9.17) is 0 Å². The Bertz CT molecular complexity index is 657. The molecule has 0 bridgehead atoms. The molecule has 3 heterocycles. The van der Waals surface area contributed by atoms with Crippen molar-refractivity contribution in [2.45, 2.75) is 68.9 Å². The highest BCUT2D eigenvalue weighted by Gasteiger charge is 2.62. The molecule has 4 rings (SSSR count). The molecule has 3 aliphatic rings. The third kappa shape index (κ3) is 2.26. The first-order valence-electron chi connectivity index (χ1n) is 8.74. The van der Waals surface area contributed by atoms with Gasteiger partial charge < -0.3 is 14.6 Å². The summed E-state index contributed by atoms with van der Waals surface area (Å²) in [6, 6.07) is 0. The van der Waals surface area contributed by atoms with Crippen LogP contribution in [0, 0.1) is 0 Å². The van der Waals surface area contributed by atoms with Gasteiger partial charge in [-0.2, -0.15) is 8.78 Å². The summed E-state index contributed by atoms with van der Waals surface area (Å²) in [5.74, 6) is -3.25. The van der Waals surface area contributed by atoms with Gasteiger partial charge in [-0.15, -0.1) is 10.2 Å². The lowest BCUT2D eigenvalue weighted by molar-refractivity contribution is -0.224. The Kier molecular flexibility index (Phi) is 3.63. The molecule has 24 heavy (non-hydrogen) atoms. The van der Waals surface area contributed by atoms with E-state index in [1.54, 1.807) is 0 Å². The van der Waals surface area contributed by atoms with Crippen LogP contribution < -0.4 is 0 Å². The summed E-state index contributed by atoms with van der Waals surface area (Å²) in [6.45, 7) is 1.39. The van der Waals surface area contributed by atoms with E-state index in [2.05, 4.69) is 14.8 Å². The second-order valence-corrected chi connectivity index (χ2v) is 7.28. The fourth-order valence-corrected chi connectivity index (χ4v) is 4.07. The van der Waals surface area contributed by atoms with Crippen molar-refractivity contribution < 1.29 is 18.7 Å². The third-order valence-corrected chi connectivity index (χ3v) is 5.75. The van der Waals surface area contributed by atoms with Crippen molar-refractivity contribution >= 4 is 5.91 Å². The van der Waals surface area contributed by atoms with Gasteiger partial charge in [0.1, 0.15) is 17.2 Å². The molecule has 1 saturated heterocycles. The maximum absolute atomic E-state index is 14.4. The number of carbonyl (C=O) groups excluding carboxylic acids is 1. The summed E-state index contributed by atoms with van der Waals surface area (Å²) in [4.78, 5) is 13.6. The average molecular weight is 340 g/mol. The van der Waals surface area contributed by atoms with Crippen molar-refractivity contribution in [1.82, 2.24) is 19.7 Å². The molecule has 1 saturated carbocycles. The molecule has 1 unspecified atom stereocenters. The number of halogens is 2. The Hall–Kier alpha value is -1.57. The fourth-order valence-electron chi connectivity index (χ4n) is 4.07. The minimum Gasteiger partial charge on any atom is -0.383 e. The molecule has 2 aliphatic heterocycles. The Morgan fingerprint density at radius 1 is 1.21 bits per heavy atom. The number of amides is 1. The first-order chi connectivity index (χ1) is 11.4. The van der Waals surface area contributed by atoms with Gasteiger partial charge in [0.2, 0.25) is 0 Å². The van der Waals surface area contributed by atoms with E-state index in [0.717, 1.165) is 37.5 Å². The number of hydrogen-bond donors (Lipinski definition) is 1. The quantitative estimate of drug-likeness (QED) is 0.905. The van der Waals surface area contributed by atoms with Gasteiger partial charge in [-0.25, -0.2) is 0 Å². The summed E-state index contributed by atoms with van der Waals surface area (Å²) >= 11 is 0. The van der Waals surface area contributed by atoms with Crippen LogP contribution in [0.2, 0.25) is 0 Å². The van der Waals surface area contributed by atoms with Gasteiger partial charge >= 0.3 is 5.92 Å². The summed E-state index contributed by atoms with van der Waals surface area (Å²) in [5.41, 5.74) is -2.16. The van der Waals surface area contributed by atoms with Crippen LogP contribution in [0.5, 0.6) is 0 Å². The molecule has 1 N–H and O–H groups in total. The summed E-state index contributed by atoms with van der Waals surface area (Å²) in [5, 5.41) is 18.4. The predicted octanol–water partition coefficient (Wildman–Crippen LogP) is 1.48. The Morgan fingerprint density at radius 3 is 2.71 bits per heavy atom. The van der Waals surface area contributed by atoms with Crippen LogP contribution >= 0.6 is 0 Å². The predicted molar refractivity (Wildman–Crippen MR) is 80.6 cm³/mol. The summed E-state index contributed by atoms with van der Waals surface area (Å²) in [6.07, 6.45) is 3.91. The first-order valence-corrected chi connectivity index (χ1v) is 8.74. The van der Waals surface area contributed by atoms with Gasteiger partial charge in [0.15, 0.2) is 0 Å². The second kappa shape index (κ2) is 5.47. The molecule has 0 spiro atoms. The maximum atomic E-state index is 14.4. The molecule has 1 aliphatic carbocycles. The number of fused-ring (bicyclic) bond motifs is 1. The van der Waals surface area contributed by atoms with Gasteiger partial charge in [0, 0.05) is 32.0 Å². The monoisotopic (exact) mass is 340 g/mol. The number of likely N-dealkylation sites (tertiary alicyclic amines) is 1. The van der Waals surface area contributed by atoms with Gasteiger partial charge in [0.05, 0.1) is 0 Å². The molecular weight excluding hydrogens is 318 g/mol. The van der Waals surface area contributed by atoms with Crippen molar-refractivity contribution in [3.8, 4) is 0 Å². The van der Waals surface area contributed by atoms with E-state index >= 15 is 0 Å². The van der Waals surface area contributed by atoms with Crippen LogP contribution in [-0.2, 0) is 17.8 Å². The Balaban J connectivity index is 1.51. The van der Waals surface area contributed by atoms with Crippen LogP contribution in [0.1, 0.15) is 56.1 Å². The lowest BCUT2D eigenvalue weighted by Gasteiger charge is -2.44. The molecule has 0 radical (unpaired) electrons. The minimum atomic E-state index is -3.71. The molecule has 1 amide bonds. The van der Waals surface area contributed by atoms with Gasteiger partial charge in [-0.3, -0.25) is 4.79 Å². The Morgan fingerprint density at radius 2 is 2.00 bits per heavy atom. The van der Waals surface area contributed by atoms with Crippen molar-refractivity contribution in [3.63, 3.8) is 0 Å². The van der Waals surface area contributed by atoms with E-state index in [0.29, 0.717) is 19.4 Å². The molecular formula is C16H22F2N4O2. The zero-order chi connectivity index (χ0) is 16.9. The van der Waals surface area contributed by atoms with Crippen molar-refractivity contribution in [3.05, 3.63) is 11.6 Å². The summed E-state index contributed by atoms with van der Waals surface area (Å²) in [7, 11) is 0. The molecule has 8 heteroatoms. The smallest absolute Gasteiger partial charge is 0.352 e. The SMILES string of the molecule is O=C(N1CCCC(c2nnc3n2CCC3)C1)C(F)(F)C1(O)CCC1. The summed E-state index contributed by atoms with van der Waals surface area (Å²) < 4.78 is 31.0. The lowest BCUT2D eigenvalue weighted by Crippen LogP contribution is -2.62. The molecule has 2 fully saturated rings. The normalized spacial score (nSPS) is 26.1. The molecule has 132 valence electrons. The van der Waals surface area contributed by atoms with Crippen molar-refractivity contribution in [1.29, 1.82) is 0 Å². The number of aromatic nitrogens is 3. The topological polar surface area (TPSA) is 71.2 Å². The first kappa shape index (κ1) is 15.9. The number of hydrogen-bond acceptors (Lipinski definition) is 4. The van der Waals surface area contributed by atoms with E-state index in [1.807, 2.05) is 0 Å². The van der Waals surface area contributed by atoms with Crippen LogP contribution in [-0.4, -0.2) is 55.3 Å². The van der Waals surface area contributed by atoms with Gasteiger partial charge in [0.25, 0.3) is 5.91 Å². The molecule has 1 aromatic heterocycles. The molecule has 1 atom stereocenters. The zero-order valence-electron chi connectivity index (χ0n) is 13.5. The standard InChI is InChI=1S/C16H22F2N4O2/c17-16(18,15(24)6-3-7-15)14(23)21-8-1-4-11(10-21)13-20-19-12-5-2-9-22(12)13/h11,24H,1-10H2. The molecule has 1 aromatic rings. The minimum absolute atomic E-state index is 0.0132. The molecule has 0 aromatic carbocycles. The van der Waals surface area contributed by atoms with Crippen LogP contribution in [0.3, 0.4) is 0 Å². The van der Waals surface area contributed by atoms with Gasteiger partial charge in [-0.1, -0.05) is 0 Å². The van der Waals surface area contributed by atoms with Crippen LogP contribution in [0.25, 0.3) is 0 Å². The lowest BCUT2D eigenvalue weighted by atomic mass is 9.74. The highest BCUT2D eigenvalue weighted by molar-refractivity contribution is 5.85. The zero-order valence-corrected chi connectivity index (χ0v) is 13.5. The average Bonchev–Trinajstić information content (AvgIpc) is 3.14. The Labute approximate surface area is 138 Å². The second-order valence-electron chi connectivity index (χ2n) is 7.28. The number of carbonyl (C=O) groups is 1. The fraction of sp³-hybridized carbons (Fsp3) is 0.812. The van der Waals surface area contributed by atoms with Crippen LogP contribution in [0.4, 0.5) is 8.78 Å². The van der Waals surface area contributed by atoms with E-state index in [-0.39, 0.29) is 25.3 Å².